The van der Waals surface area contributed by atoms with E-state index in [2.05, 4.69) is 34.5 Å². The average Bonchev–Trinajstić information content (AvgIpc) is 3.08. The van der Waals surface area contributed by atoms with E-state index in [0.29, 0.717) is 24.8 Å². The smallest absolute Gasteiger partial charge is 0.269 e. The highest BCUT2D eigenvalue weighted by Gasteiger charge is 2.16. The molecule has 7 nitrogen and oxygen atoms in total. The van der Waals surface area contributed by atoms with Gasteiger partial charge in [-0.1, -0.05) is 13.8 Å². The number of aryl methyl sites for hydroxylation is 2. The summed E-state index contributed by atoms with van der Waals surface area (Å²) < 4.78 is 7.31. The number of aromatic nitrogens is 4. The lowest BCUT2D eigenvalue weighted by molar-refractivity contribution is 0.0920. The number of ether oxygens (including phenoxy) is 1. The van der Waals surface area contributed by atoms with Gasteiger partial charge in [-0.2, -0.15) is 10.2 Å². The Morgan fingerprint density at radius 2 is 2.17 bits per heavy atom. The van der Waals surface area contributed by atoms with Gasteiger partial charge in [-0.05, 0) is 32.3 Å². The molecule has 1 amide bonds. The molecule has 2 rings (SSSR count). The molecule has 0 bridgehead atoms. The number of hydrogen-bond donors (Lipinski definition) is 2. The summed E-state index contributed by atoms with van der Waals surface area (Å²) in [6.07, 6.45) is 0.792. The molecule has 0 spiro atoms. The van der Waals surface area contributed by atoms with Crippen LogP contribution in [-0.2, 0) is 11.8 Å². The Bertz CT molecular complexity index is 687. The molecule has 0 fully saturated rings. The first-order chi connectivity index (χ1) is 11.4. The van der Waals surface area contributed by atoms with E-state index >= 15 is 0 Å². The van der Waals surface area contributed by atoms with Gasteiger partial charge in [0.1, 0.15) is 5.69 Å². The van der Waals surface area contributed by atoms with Gasteiger partial charge in [0.2, 0.25) is 0 Å². The van der Waals surface area contributed by atoms with Crippen molar-refractivity contribution < 1.29 is 9.53 Å². The normalized spacial score (nSPS) is 11.2. The van der Waals surface area contributed by atoms with Gasteiger partial charge in [0.25, 0.3) is 5.91 Å². The number of aromatic amines is 1. The fraction of sp³-hybridized carbons (Fsp3) is 0.588. The molecule has 2 heterocycles. The number of carbonyl (C=O) groups is 1. The van der Waals surface area contributed by atoms with Gasteiger partial charge in [0, 0.05) is 38.1 Å². The summed E-state index contributed by atoms with van der Waals surface area (Å²) in [6, 6.07) is 1.77. The van der Waals surface area contributed by atoms with Crippen LogP contribution in [0.25, 0.3) is 11.3 Å². The monoisotopic (exact) mass is 333 g/mol. The number of rotatable bonds is 8. The minimum Gasteiger partial charge on any atom is -0.381 e. The third-order valence-electron chi connectivity index (χ3n) is 3.79. The summed E-state index contributed by atoms with van der Waals surface area (Å²) in [6.45, 7) is 10.1. The minimum absolute atomic E-state index is 0.156. The van der Waals surface area contributed by atoms with E-state index in [4.69, 9.17) is 4.74 Å². The molecule has 0 unspecified atom stereocenters. The summed E-state index contributed by atoms with van der Waals surface area (Å²) in [5, 5.41) is 14.3. The summed E-state index contributed by atoms with van der Waals surface area (Å²) in [7, 11) is 1.90. The fourth-order valence-corrected chi connectivity index (χ4v) is 2.50. The lowest BCUT2D eigenvalue weighted by Gasteiger charge is -2.07. The van der Waals surface area contributed by atoms with Crippen molar-refractivity contribution in [2.24, 2.45) is 13.0 Å². The van der Waals surface area contributed by atoms with E-state index in [1.807, 2.05) is 25.6 Å². The summed E-state index contributed by atoms with van der Waals surface area (Å²) in [4.78, 5) is 12.2. The molecule has 2 aromatic rings. The molecule has 0 aromatic carbocycles. The van der Waals surface area contributed by atoms with Crippen LogP contribution in [0.2, 0.25) is 0 Å². The maximum absolute atomic E-state index is 12.2. The van der Waals surface area contributed by atoms with E-state index < -0.39 is 0 Å². The molecule has 7 heteroatoms. The predicted molar refractivity (Wildman–Crippen MR) is 92.9 cm³/mol. The number of hydrogen-bond acceptors (Lipinski definition) is 4. The molecule has 24 heavy (non-hydrogen) atoms. The van der Waals surface area contributed by atoms with Crippen LogP contribution in [0.5, 0.6) is 0 Å². The zero-order valence-corrected chi connectivity index (χ0v) is 15.1. The van der Waals surface area contributed by atoms with Crippen LogP contribution in [-0.4, -0.2) is 45.6 Å². The minimum atomic E-state index is -0.156. The van der Waals surface area contributed by atoms with E-state index in [1.54, 1.807) is 6.07 Å². The highest BCUT2D eigenvalue weighted by Crippen LogP contribution is 2.25. The van der Waals surface area contributed by atoms with Crippen molar-refractivity contribution in [2.45, 2.75) is 34.1 Å². The SMILES string of the molecule is Cc1nn(C)c(C)c1-c1cc(C(=O)NCCCOCC(C)C)[nH]n1. The Labute approximate surface area is 142 Å². The van der Waals surface area contributed by atoms with E-state index in [9.17, 15) is 4.79 Å². The molecular formula is C17H27N5O2. The topological polar surface area (TPSA) is 84.8 Å². The second-order valence-corrected chi connectivity index (χ2v) is 6.41. The lowest BCUT2D eigenvalue weighted by Crippen LogP contribution is -2.25. The number of H-pyrrole nitrogens is 1. The molecule has 0 radical (unpaired) electrons. The summed E-state index contributed by atoms with van der Waals surface area (Å²) in [5.74, 6) is 0.374. The highest BCUT2D eigenvalue weighted by molar-refractivity contribution is 5.93. The van der Waals surface area contributed by atoms with Crippen LogP contribution in [0.3, 0.4) is 0 Å². The average molecular weight is 333 g/mol. The molecule has 0 aliphatic carbocycles. The van der Waals surface area contributed by atoms with Crippen molar-refractivity contribution in [3.8, 4) is 11.3 Å². The molecule has 0 aliphatic rings. The molecule has 0 saturated carbocycles. The predicted octanol–water partition coefficient (Wildman–Crippen LogP) is 2.22. The van der Waals surface area contributed by atoms with Gasteiger partial charge in [-0.15, -0.1) is 0 Å². The number of nitrogens with one attached hydrogen (secondary N) is 2. The largest absolute Gasteiger partial charge is 0.381 e. The fourth-order valence-electron chi connectivity index (χ4n) is 2.50. The zero-order valence-electron chi connectivity index (χ0n) is 15.1. The van der Waals surface area contributed by atoms with E-state index in [-0.39, 0.29) is 5.91 Å². The molecule has 0 saturated heterocycles. The first kappa shape index (κ1) is 18.2. The van der Waals surface area contributed by atoms with Crippen LogP contribution >= 0.6 is 0 Å². The quantitative estimate of drug-likeness (QED) is 0.726. The number of carbonyl (C=O) groups excluding carboxylic acids is 1. The van der Waals surface area contributed by atoms with Crippen molar-refractivity contribution >= 4 is 5.91 Å². The van der Waals surface area contributed by atoms with Crippen molar-refractivity contribution in [3.05, 3.63) is 23.1 Å². The maximum atomic E-state index is 12.2. The lowest BCUT2D eigenvalue weighted by atomic mass is 10.1. The van der Waals surface area contributed by atoms with Crippen LogP contribution < -0.4 is 5.32 Å². The maximum Gasteiger partial charge on any atom is 0.269 e. The molecule has 2 aromatic heterocycles. The Kier molecular flexibility index (Phi) is 6.14. The number of amides is 1. The van der Waals surface area contributed by atoms with Gasteiger partial charge in [0.05, 0.1) is 11.4 Å². The highest BCUT2D eigenvalue weighted by atomic mass is 16.5. The molecule has 132 valence electrons. The van der Waals surface area contributed by atoms with Gasteiger partial charge < -0.3 is 10.1 Å². The molecule has 0 atom stereocenters. The van der Waals surface area contributed by atoms with Crippen molar-refractivity contribution in [1.82, 2.24) is 25.3 Å². The first-order valence-corrected chi connectivity index (χ1v) is 8.32. The van der Waals surface area contributed by atoms with Gasteiger partial charge >= 0.3 is 0 Å². The van der Waals surface area contributed by atoms with E-state index in [1.165, 1.54) is 0 Å². The Morgan fingerprint density at radius 1 is 1.42 bits per heavy atom. The van der Waals surface area contributed by atoms with Crippen molar-refractivity contribution in [3.63, 3.8) is 0 Å². The van der Waals surface area contributed by atoms with Crippen molar-refractivity contribution in [1.29, 1.82) is 0 Å². The van der Waals surface area contributed by atoms with Crippen LogP contribution in [0.15, 0.2) is 6.07 Å². The van der Waals surface area contributed by atoms with Gasteiger partial charge in [0.15, 0.2) is 0 Å². The van der Waals surface area contributed by atoms with Crippen LogP contribution in [0.4, 0.5) is 0 Å². The van der Waals surface area contributed by atoms with Crippen LogP contribution in [0.1, 0.15) is 42.1 Å². The second-order valence-electron chi connectivity index (χ2n) is 6.41. The molecule has 0 aliphatic heterocycles. The molecular weight excluding hydrogens is 306 g/mol. The Balaban J connectivity index is 1.87. The third-order valence-corrected chi connectivity index (χ3v) is 3.79. The standard InChI is InChI=1S/C17H27N5O2/c1-11(2)10-24-8-6-7-18-17(23)15-9-14(19-20-15)16-12(3)21-22(5)13(16)4/h9,11H,6-8,10H2,1-5H3,(H,18,23)(H,19,20). The number of nitrogens with zero attached hydrogens (tertiary/aromatic N) is 3. The zero-order chi connectivity index (χ0) is 17.7. The molecule has 2 N–H and O–H groups in total. The first-order valence-electron chi connectivity index (χ1n) is 8.32. The Morgan fingerprint density at radius 3 is 2.79 bits per heavy atom. The second kappa shape index (κ2) is 8.10. The van der Waals surface area contributed by atoms with E-state index in [0.717, 1.165) is 35.7 Å². The summed E-state index contributed by atoms with van der Waals surface area (Å²) in [5.41, 5.74) is 4.08. The third kappa shape index (κ3) is 4.44. The summed E-state index contributed by atoms with van der Waals surface area (Å²) >= 11 is 0. The van der Waals surface area contributed by atoms with Gasteiger partial charge in [-0.25, -0.2) is 0 Å². The van der Waals surface area contributed by atoms with Gasteiger partial charge in [-0.3, -0.25) is 14.6 Å². The van der Waals surface area contributed by atoms with Crippen molar-refractivity contribution in [2.75, 3.05) is 19.8 Å². The Hall–Kier alpha value is -2.15. The van der Waals surface area contributed by atoms with Crippen LogP contribution in [0, 0.1) is 19.8 Å².